The van der Waals surface area contributed by atoms with Gasteiger partial charge in [0.2, 0.25) is 0 Å². The minimum absolute atomic E-state index is 0.0258. The monoisotopic (exact) mass is 192 g/mol. The highest BCUT2D eigenvalue weighted by atomic mass is 18.2. The van der Waals surface area contributed by atoms with Crippen LogP contribution >= 0.6 is 0 Å². The van der Waals surface area contributed by atoms with E-state index < -0.39 is 31.0 Å². The third-order valence-electron chi connectivity index (χ3n) is 1.42. The summed E-state index contributed by atoms with van der Waals surface area (Å²) in [5.74, 6) is 0. The van der Waals surface area contributed by atoms with Crippen molar-refractivity contribution in [3.05, 3.63) is 0 Å². The predicted molar refractivity (Wildman–Crippen MR) is 37.2 cm³/mol. The first-order chi connectivity index (χ1) is 5.54. The summed E-state index contributed by atoms with van der Waals surface area (Å²) in [6, 6.07) is 0. The molecular weight excluding hydrogens is 180 g/mol. The minimum Gasteiger partial charge on any atom is -0.394 e. The van der Waals surface area contributed by atoms with Crippen LogP contribution in [-0.2, 0) is 4.79 Å². The molecule has 0 aromatic heterocycles. The van der Waals surface area contributed by atoms with E-state index in [0.29, 0.717) is 0 Å². The van der Waals surface area contributed by atoms with Gasteiger partial charge in [-0.15, -0.1) is 0 Å². The van der Waals surface area contributed by atoms with Gasteiger partial charge in [-0.25, -0.2) is 0 Å². The number of hydrogen-bond donors (Lipinski definition) is 5. The lowest BCUT2D eigenvalue weighted by Crippen LogP contribution is -2.46. The fourth-order valence-corrected chi connectivity index (χ4v) is 0.618. The van der Waals surface area contributed by atoms with E-state index in [1.807, 2.05) is 0 Å². The minimum atomic E-state index is -1.79. The molecule has 5 N–H and O–H groups in total. The van der Waals surface area contributed by atoms with E-state index in [-0.39, 0.29) is 6.29 Å². The molecule has 0 amide bonds. The fraction of sp³-hybridized carbons (Fsp3) is 0.833. The van der Waals surface area contributed by atoms with E-state index in [0.717, 1.165) is 0 Å². The van der Waals surface area contributed by atoms with Crippen LogP contribution in [-0.4, -0.2) is 62.8 Å². The largest absolute Gasteiger partial charge is 0.394 e. The summed E-state index contributed by atoms with van der Waals surface area (Å²) in [5, 5.41) is 43.5. The maximum absolute atomic E-state index is 9.90. The molecule has 0 aliphatic heterocycles. The Hall–Kier alpha value is -0.530. The van der Waals surface area contributed by atoms with Crippen molar-refractivity contribution < 1.29 is 30.3 Å². The standard InChI is InChI=1S/C6H12O6/c7-1-3(9)5(11)6(12)4(10)2-8/h1,3-6,8-12H,2H2/t3-,4-,5+,6-/m1/s1/i7+2,8+2,9+2,10+2,11+2,12+2. The van der Waals surface area contributed by atoms with Gasteiger partial charge in [-0.05, 0) is 0 Å². The first-order valence-electron chi connectivity index (χ1n) is 3.33. The summed E-state index contributed by atoms with van der Waals surface area (Å²) in [4.78, 5) is 9.90. The molecule has 0 heterocycles. The van der Waals surface area contributed by atoms with E-state index in [1.54, 1.807) is 0 Å². The van der Waals surface area contributed by atoms with Gasteiger partial charge in [-0.2, -0.15) is 0 Å². The van der Waals surface area contributed by atoms with E-state index in [9.17, 15) is 4.79 Å². The van der Waals surface area contributed by atoms with Crippen LogP contribution in [0.15, 0.2) is 0 Å². The Bertz CT molecular complexity index is 138. The Morgan fingerprint density at radius 1 is 1.08 bits per heavy atom. The van der Waals surface area contributed by atoms with Gasteiger partial charge < -0.3 is 30.3 Å². The molecule has 0 bridgehead atoms. The smallest absolute Gasteiger partial charge is 0.151 e. The molecule has 72 valence electrons. The zero-order chi connectivity index (χ0) is 9.72. The van der Waals surface area contributed by atoms with Crippen molar-refractivity contribution in [3.63, 3.8) is 0 Å². The second-order valence-electron chi connectivity index (χ2n) is 2.36. The molecule has 0 saturated carbocycles. The highest BCUT2D eigenvalue weighted by molar-refractivity contribution is 5.56. The van der Waals surface area contributed by atoms with E-state index >= 15 is 0 Å². The zero-order valence-electron chi connectivity index (χ0n) is 6.24. The van der Waals surface area contributed by atoms with Crippen LogP contribution in [0.3, 0.4) is 0 Å². The van der Waals surface area contributed by atoms with Crippen LogP contribution in [0.4, 0.5) is 0 Å². The summed E-state index contributed by atoms with van der Waals surface area (Å²) < 4.78 is 0. The molecule has 0 aromatic carbocycles. The molecule has 6 heteroatoms. The fourth-order valence-electron chi connectivity index (χ4n) is 0.618. The third kappa shape index (κ3) is 2.84. The molecule has 0 fully saturated rings. The molecule has 0 aliphatic rings. The summed E-state index contributed by atoms with van der Waals surface area (Å²) in [6.07, 6.45) is -6.84. The van der Waals surface area contributed by atoms with Crippen molar-refractivity contribution in [2.75, 3.05) is 6.61 Å². The van der Waals surface area contributed by atoms with Gasteiger partial charge >= 0.3 is 0 Å². The lowest BCUT2D eigenvalue weighted by Gasteiger charge is -2.22. The lowest BCUT2D eigenvalue weighted by atomic mass is 10.1. The number of carbonyl (C=O) groups is 1. The summed E-state index contributed by atoms with van der Waals surface area (Å²) in [6.45, 7) is -0.760. The molecule has 0 spiro atoms. The molecule has 0 radical (unpaired) electrons. The Kier molecular flexibility index (Phi) is 4.95. The molecule has 0 aliphatic carbocycles. The average Bonchev–Trinajstić information content (AvgIpc) is 2.12. The van der Waals surface area contributed by atoms with Crippen LogP contribution in [0.5, 0.6) is 0 Å². The number of hydrogen-bond acceptors (Lipinski definition) is 6. The SMILES string of the molecule is [18O]=C[C@@H]([18OH])[C@H]([18OH])[C@H]([18OH])[C@H]([18OH])C[18OH]. The molecule has 0 unspecified atom stereocenters. The molecular formula is C6H12O6. The predicted octanol–water partition coefficient (Wildman–Crippen LogP) is -3.38. The third-order valence-corrected chi connectivity index (χ3v) is 1.42. The maximum atomic E-state index is 9.90. The lowest BCUT2D eigenvalue weighted by molar-refractivity contribution is -0.136. The van der Waals surface area contributed by atoms with Crippen molar-refractivity contribution in [1.29, 1.82) is 0 Å². The van der Waals surface area contributed by atoms with Crippen LogP contribution in [0.25, 0.3) is 0 Å². The summed E-state index contributed by atoms with van der Waals surface area (Å²) in [5.41, 5.74) is 0. The van der Waals surface area contributed by atoms with Crippen molar-refractivity contribution in [2.24, 2.45) is 0 Å². The molecule has 0 aromatic rings. The molecule has 0 saturated heterocycles. The van der Waals surface area contributed by atoms with E-state index in [2.05, 4.69) is 0 Å². The quantitative estimate of drug-likeness (QED) is 0.229. The second kappa shape index (κ2) is 5.18. The maximum Gasteiger partial charge on any atom is 0.151 e. The Morgan fingerprint density at radius 3 is 1.92 bits per heavy atom. The van der Waals surface area contributed by atoms with Crippen molar-refractivity contribution in [2.45, 2.75) is 24.4 Å². The van der Waals surface area contributed by atoms with Crippen LogP contribution in [0.1, 0.15) is 0 Å². The van der Waals surface area contributed by atoms with Gasteiger partial charge in [0.25, 0.3) is 0 Å². The van der Waals surface area contributed by atoms with Gasteiger partial charge in [0.05, 0.1) is 6.61 Å². The van der Waals surface area contributed by atoms with Gasteiger partial charge in [0, 0.05) is 0 Å². The van der Waals surface area contributed by atoms with Crippen LogP contribution in [0, 0.1) is 0 Å². The number of aldehydes is 1. The Balaban J connectivity index is 4.07. The first-order valence-corrected chi connectivity index (χ1v) is 3.33. The van der Waals surface area contributed by atoms with Crippen LogP contribution < -0.4 is 0 Å². The Labute approximate surface area is 68.7 Å². The topological polar surface area (TPSA) is 118 Å². The average molecular weight is 192 g/mol. The second-order valence-corrected chi connectivity index (χ2v) is 2.36. The van der Waals surface area contributed by atoms with E-state index in [4.69, 9.17) is 25.5 Å². The zero-order valence-corrected chi connectivity index (χ0v) is 6.24. The molecule has 0 rings (SSSR count). The van der Waals surface area contributed by atoms with Gasteiger partial charge in [0.15, 0.2) is 6.29 Å². The highest BCUT2D eigenvalue weighted by Gasteiger charge is 2.29. The summed E-state index contributed by atoms with van der Waals surface area (Å²) in [7, 11) is 0. The Morgan fingerprint density at radius 2 is 1.58 bits per heavy atom. The first kappa shape index (κ1) is 11.5. The van der Waals surface area contributed by atoms with Crippen LogP contribution in [0.2, 0.25) is 0 Å². The van der Waals surface area contributed by atoms with Crippen molar-refractivity contribution >= 4 is 6.29 Å². The van der Waals surface area contributed by atoms with Gasteiger partial charge in [-0.3, -0.25) is 0 Å². The number of aliphatic hydroxyl groups is 5. The summed E-state index contributed by atoms with van der Waals surface area (Å²) >= 11 is 0. The van der Waals surface area contributed by atoms with E-state index in [1.165, 1.54) is 0 Å². The normalized spacial score (nSPS) is 21.1. The molecule has 6 nitrogen and oxygen atoms in total. The molecule has 12 heavy (non-hydrogen) atoms. The number of rotatable bonds is 5. The molecule has 4 atom stereocenters. The number of aliphatic hydroxyl groups excluding tert-OH is 5. The van der Waals surface area contributed by atoms with Gasteiger partial charge in [0.1, 0.15) is 24.4 Å². The highest BCUT2D eigenvalue weighted by Crippen LogP contribution is 2.02. The van der Waals surface area contributed by atoms with Crippen molar-refractivity contribution in [1.82, 2.24) is 0 Å². The van der Waals surface area contributed by atoms with Gasteiger partial charge in [-0.1, -0.05) is 0 Å². The number of carbonyl (C=O) groups excluding carboxylic acids is 1. The van der Waals surface area contributed by atoms with Crippen molar-refractivity contribution in [3.8, 4) is 0 Å².